The topological polar surface area (TPSA) is 50.7 Å². The molecule has 2 aromatic carbocycles. The first-order chi connectivity index (χ1) is 10.6. The van der Waals surface area contributed by atoms with Crippen molar-refractivity contribution in [1.82, 2.24) is 5.43 Å². The van der Waals surface area contributed by atoms with Crippen molar-refractivity contribution in [2.45, 2.75) is 19.8 Å². The van der Waals surface area contributed by atoms with Gasteiger partial charge in [0.15, 0.2) is 6.61 Å². The molecule has 0 aromatic heterocycles. The van der Waals surface area contributed by atoms with Crippen LogP contribution in [-0.2, 0) is 4.79 Å². The van der Waals surface area contributed by atoms with E-state index in [0.717, 1.165) is 11.1 Å². The molecular formula is C18H20N2O2. The minimum absolute atomic E-state index is 0.0550. The third-order valence-electron chi connectivity index (χ3n) is 3.17. The molecule has 0 aliphatic carbocycles. The van der Waals surface area contributed by atoms with E-state index in [0.29, 0.717) is 5.75 Å². The number of hydrazone groups is 1. The second-order valence-electron chi connectivity index (χ2n) is 5.12. The highest BCUT2D eigenvalue weighted by atomic mass is 16.5. The van der Waals surface area contributed by atoms with Crippen LogP contribution in [0.15, 0.2) is 59.7 Å². The van der Waals surface area contributed by atoms with Crippen LogP contribution >= 0.6 is 0 Å². The number of nitrogens with zero attached hydrogens (tertiary/aromatic N) is 1. The number of carbonyl (C=O) groups excluding carboxylic acids is 1. The lowest BCUT2D eigenvalue weighted by atomic mass is 10.0. The van der Waals surface area contributed by atoms with E-state index >= 15 is 0 Å². The Hall–Kier alpha value is -2.62. The van der Waals surface area contributed by atoms with Crippen LogP contribution in [0.25, 0.3) is 0 Å². The summed E-state index contributed by atoms with van der Waals surface area (Å²) in [6.45, 7) is 3.94. The normalized spacial score (nSPS) is 12.1. The zero-order chi connectivity index (χ0) is 15.8. The first-order valence-electron chi connectivity index (χ1n) is 7.21. The molecule has 0 fully saturated rings. The lowest BCUT2D eigenvalue weighted by Gasteiger charge is -2.07. The maximum atomic E-state index is 11.7. The largest absolute Gasteiger partial charge is 0.484 e. The highest BCUT2D eigenvalue weighted by Crippen LogP contribution is 2.12. The first-order valence-corrected chi connectivity index (χ1v) is 7.21. The van der Waals surface area contributed by atoms with Crippen molar-refractivity contribution >= 4 is 12.1 Å². The molecular weight excluding hydrogens is 276 g/mol. The van der Waals surface area contributed by atoms with Crippen molar-refractivity contribution in [3.05, 3.63) is 65.7 Å². The monoisotopic (exact) mass is 296 g/mol. The molecule has 0 radical (unpaired) electrons. The molecule has 2 aromatic rings. The molecule has 0 saturated heterocycles. The summed E-state index contributed by atoms with van der Waals surface area (Å²) in [6.07, 6.45) is 1.71. The number of amides is 1. The fourth-order valence-corrected chi connectivity index (χ4v) is 1.95. The smallest absolute Gasteiger partial charge is 0.277 e. The Morgan fingerprint density at radius 3 is 2.73 bits per heavy atom. The zero-order valence-electron chi connectivity index (χ0n) is 12.8. The molecule has 4 nitrogen and oxygen atoms in total. The molecule has 0 aliphatic heterocycles. The van der Waals surface area contributed by atoms with Gasteiger partial charge in [0.25, 0.3) is 5.91 Å². The lowest BCUT2D eigenvalue weighted by molar-refractivity contribution is -0.123. The van der Waals surface area contributed by atoms with Crippen molar-refractivity contribution in [3.8, 4) is 5.75 Å². The summed E-state index contributed by atoms with van der Waals surface area (Å²) in [5.74, 6) is 0.536. The minimum atomic E-state index is -0.280. The van der Waals surface area contributed by atoms with Crippen LogP contribution in [0.5, 0.6) is 5.75 Å². The van der Waals surface area contributed by atoms with Crippen molar-refractivity contribution in [2.75, 3.05) is 6.61 Å². The first kappa shape index (κ1) is 15.8. The van der Waals surface area contributed by atoms with E-state index in [1.165, 1.54) is 0 Å². The molecule has 22 heavy (non-hydrogen) atoms. The van der Waals surface area contributed by atoms with Crippen molar-refractivity contribution in [3.63, 3.8) is 0 Å². The molecule has 1 atom stereocenters. The number of benzene rings is 2. The van der Waals surface area contributed by atoms with Gasteiger partial charge in [-0.3, -0.25) is 4.79 Å². The van der Waals surface area contributed by atoms with Crippen LogP contribution in [0, 0.1) is 6.92 Å². The van der Waals surface area contributed by atoms with Gasteiger partial charge in [0.05, 0.1) is 0 Å². The van der Waals surface area contributed by atoms with Gasteiger partial charge in [-0.1, -0.05) is 49.4 Å². The molecule has 2 rings (SSSR count). The molecule has 0 bridgehead atoms. The number of nitrogens with one attached hydrogen (secondary N) is 1. The predicted octanol–water partition coefficient (Wildman–Crippen LogP) is 3.28. The van der Waals surface area contributed by atoms with Gasteiger partial charge in [0.2, 0.25) is 0 Å². The van der Waals surface area contributed by atoms with Gasteiger partial charge >= 0.3 is 0 Å². The summed E-state index contributed by atoms with van der Waals surface area (Å²) in [5.41, 5.74) is 4.71. The number of aryl methyl sites for hydroxylation is 1. The molecule has 1 unspecified atom stereocenters. The minimum Gasteiger partial charge on any atom is -0.484 e. The summed E-state index contributed by atoms with van der Waals surface area (Å²) < 4.78 is 5.40. The molecule has 114 valence electrons. The van der Waals surface area contributed by atoms with E-state index in [1.54, 1.807) is 6.21 Å². The molecule has 1 N–H and O–H groups in total. The van der Waals surface area contributed by atoms with Crippen LogP contribution in [0.3, 0.4) is 0 Å². The van der Waals surface area contributed by atoms with Crippen LogP contribution < -0.4 is 10.2 Å². The van der Waals surface area contributed by atoms with Gasteiger partial charge in [0, 0.05) is 12.1 Å². The molecule has 1 amide bonds. The number of ether oxygens (including phenoxy) is 1. The highest BCUT2D eigenvalue weighted by molar-refractivity contribution is 5.78. The van der Waals surface area contributed by atoms with Crippen LogP contribution in [-0.4, -0.2) is 18.7 Å². The lowest BCUT2D eigenvalue weighted by Crippen LogP contribution is -2.24. The Labute approximate surface area is 130 Å². The van der Waals surface area contributed by atoms with Crippen molar-refractivity contribution < 1.29 is 9.53 Å². The fourth-order valence-electron chi connectivity index (χ4n) is 1.95. The fraction of sp³-hybridized carbons (Fsp3) is 0.222. The van der Waals surface area contributed by atoms with Gasteiger partial charge in [-0.05, 0) is 30.2 Å². The predicted molar refractivity (Wildman–Crippen MR) is 88.2 cm³/mol. The molecule has 4 heteroatoms. The van der Waals surface area contributed by atoms with Gasteiger partial charge in [-0.15, -0.1) is 0 Å². The van der Waals surface area contributed by atoms with E-state index in [2.05, 4.69) is 10.5 Å². The molecule has 0 aliphatic rings. The average Bonchev–Trinajstić information content (AvgIpc) is 2.54. The number of hydrogen-bond acceptors (Lipinski definition) is 3. The Balaban J connectivity index is 1.77. The van der Waals surface area contributed by atoms with E-state index in [1.807, 2.05) is 68.4 Å². The van der Waals surface area contributed by atoms with E-state index in [4.69, 9.17) is 4.74 Å². The summed E-state index contributed by atoms with van der Waals surface area (Å²) in [5, 5.41) is 3.97. The third-order valence-corrected chi connectivity index (χ3v) is 3.17. The Bertz CT molecular complexity index is 639. The molecule has 0 heterocycles. The highest BCUT2D eigenvalue weighted by Gasteiger charge is 2.03. The van der Waals surface area contributed by atoms with Crippen LogP contribution in [0.4, 0.5) is 0 Å². The van der Waals surface area contributed by atoms with Crippen LogP contribution in [0.1, 0.15) is 24.0 Å². The standard InChI is InChI=1S/C18H20N2O2/c1-14-7-6-10-17(11-14)22-13-18(21)20-19-12-15(2)16-8-4-3-5-9-16/h3-12,15H,13H2,1-2H3,(H,20,21). The quantitative estimate of drug-likeness (QED) is 0.657. The zero-order valence-corrected chi connectivity index (χ0v) is 12.8. The second-order valence-corrected chi connectivity index (χ2v) is 5.12. The molecule has 0 spiro atoms. The third kappa shape index (κ3) is 5.05. The van der Waals surface area contributed by atoms with Gasteiger partial charge < -0.3 is 4.74 Å². The van der Waals surface area contributed by atoms with E-state index in [-0.39, 0.29) is 18.4 Å². The number of rotatable bonds is 6. The van der Waals surface area contributed by atoms with Crippen molar-refractivity contribution in [1.29, 1.82) is 0 Å². The van der Waals surface area contributed by atoms with E-state index in [9.17, 15) is 4.79 Å². The summed E-state index contributed by atoms with van der Waals surface area (Å²) in [4.78, 5) is 11.7. The Kier molecular flexibility index (Phi) is 5.72. The SMILES string of the molecule is Cc1cccc(OCC(=O)NN=CC(C)c2ccccc2)c1. The van der Waals surface area contributed by atoms with Crippen molar-refractivity contribution in [2.24, 2.45) is 5.10 Å². The Morgan fingerprint density at radius 2 is 2.00 bits per heavy atom. The average molecular weight is 296 g/mol. The Morgan fingerprint density at radius 1 is 1.23 bits per heavy atom. The molecule has 0 saturated carbocycles. The maximum Gasteiger partial charge on any atom is 0.277 e. The van der Waals surface area contributed by atoms with E-state index < -0.39 is 0 Å². The number of carbonyl (C=O) groups is 1. The summed E-state index contributed by atoms with van der Waals surface area (Å²) in [6, 6.07) is 17.6. The van der Waals surface area contributed by atoms with Gasteiger partial charge in [0.1, 0.15) is 5.75 Å². The summed E-state index contributed by atoms with van der Waals surface area (Å²) >= 11 is 0. The number of hydrogen-bond donors (Lipinski definition) is 1. The second kappa shape index (κ2) is 7.98. The van der Waals surface area contributed by atoms with Gasteiger partial charge in [-0.2, -0.15) is 5.10 Å². The summed E-state index contributed by atoms with van der Waals surface area (Å²) in [7, 11) is 0. The maximum absolute atomic E-state index is 11.7. The van der Waals surface area contributed by atoms with Crippen LogP contribution in [0.2, 0.25) is 0 Å². The van der Waals surface area contributed by atoms with Gasteiger partial charge in [-0.25, -0.2) is 5.43 Å².